The lowest BCUT2D eigenvalue weighted by Crippen LogP contribution is -2.40. The molecule has 0 unspecified atom stereocenters. The quantitative estimate of drug-likeness (QED) is 0.944. The first-order valence-corrected chi connectivity index (χ1v) is 7.69. The Labute approximate surface area is 134 Å². The predicted octanol–water partition coefficient (Wildman–Crippen LogP) is 2.21. The van der Waals surface area contributed by atoms with Gasteiger partial charge >= 0.3 is 6.03 Å². The number of urea groups is 1. The molecule has 23 heavy (non-hydrogen) atoms. The van der Waals surface area contributed by atoms with Crippen LogP contribution in [0.1, 0.15) is 36.7 Å². The third kappa shape index (κ3) is 3.33. The molecule has 2 aromatic rings. The summed E-state index contributed by atoms with van der Waals surface area (Å²) in [5.74, 6) is 0.655. The van der Waals surface area contributed by atoms with Crippen molar-refractivity contribution in [1.29, 1.82) is 0 Å². The Kier molecular flexibility index (Phi) is 4.27. The highest BCUT2D eigenvalue weighted by molar-refractivity contribution is 5.75. The molecule has 2 atom stereocenters. The van der Waals surface area contributed by atoms with Crippen LogP contribution in [0.3, 0.4) is 0 Å². The molecule has 0 aliphatic carbocycles. The fraction of sp³-hybridized carbons (Fsp3) is 0.438. The second-order valence-corrected chi connectivity index (χ2v) is 5.96. The molecule has 1 aromatic carbocycles. The lowest BCUT2D eigenvalue weighted by molar-refractivity contribution is 0.204. The van der Waals surface area contributed by atoms with Crippen LogP contribution in [0.25, 0.3) is 0 Å². The number of benzene rings is 1. The summed E-state index contributed by atoms with van der Waals surface area (Å²) in [4.78, 5) is 14.2. The standard InChI is InChI=1S/C16H20FN5O/c1-11(15-20-18-10-21(15)2)19-16(23)22-7-6-13(9-22)12-4-3-5-14(17)8-12/h3-5,8,10-11,13H,6-7,9H2,1-2H3,(H,19,23)/t11-,13-/m0/s1. The Morgan fingerprint density at radius 2 is 2.30 bits per heavy atom. The van der Waals surface area contributed by atoms with Gasteiger partial charge < -0.3 is 14.8 Å². The molecule has 1 fully saturated rings. The van der Waals surface area contributed by atoms with Crippen molar-refractivity contribution in [3.63, 3.8) is 0 Å². The van der Waals surface area contributed by atoms with Crippen molar-refractivity contribution in [1.82, 2.24) is 25.0 Å². The van der Waals surface area contributed by atoms with Crippen LogP contribution in [-0.2, 0) is 7.05 Å². The van der Waals surface area contributed by atoms with E-state index in [2.05, 4.69) is 15.5 Å². The maximum Gasteiger partial charge on any atom is 0.317 e. The maximum atomic E-state index is 13.3. The van der Waals surface area contributed by atoms with Crippen molar-refractivity contribution in [2.45, 2.75) is 25.3 Å². The van der Waals surface area contributed by atoms with Gasteiger partial charge in [-0.05, 0) is 31.0 Å². The number of aromatic nitrogens is 3. The number of rotatable bonds is 3. The minimum absolute atomic E-state index is 0.126. The summed E-state index contributed by atoms with van der Waals surface area (Å²) in [5.41, 5.74) is 0.946. The average Bonchev–Trinajstić information content (AvgIpc) is 3.16. The van der Waals surface area contributed by atoms with Crippen LogP contribution >= 0.6 is 0 Å². The molecule has 0 spiro atoms. The van der Waals surface area contributed by atoms with Crippen LogP contribution in [0.5, 0.6) is 0 Å². The van der Waals surface area contributed by atoms with E-state index < -0.39 is 0 Å². The SMILES string of the molecule is C[C@H](NC(=O)N1CC[C@H](c2cccc(F)c2)C1)c1nncn1C. The molecule has 6 nitrogen and oxygen atoms in total. The van der Waals surface area contributed by atoms with E-state index in [-0.39, 0.29) is 23.8 Å². The van der Waals surface area contributed by atoms with E-state index in [1.165, 1.54) is 6.07 Å². The second-order valence-electron chi connectivity index (χ2n) is 5.96. The molecule has 7 heteroatoms. The molecular formula is C16H20FN5O. The molecule has 0 radical (unpaired) electrons. The molecule has 2 heterocycles. The zero-order valence-electron chi connectivity index (χ0n) is 13.2. The van der Waals surface area contributed by atoms with Gasteiger partial charge in [0.1, 0.15) is 12.1 Å². The first kappa shape index (κ1) is 15.5. The Hall–Kier alpha value is -2.44. The van der Waals surface area contributed by atoms with Crippen LogP contribution in [0.4, 0.5) is 9.18 Å². The van der Waals surface area contributed by atoms with Gasteiger partial charge in [0.15, 0.2) is 5.82 Å². The van der Waals surface area contributed by atoms with E-state index in [1.54, 1.807) is 27.9 Å². The van der Waals surface area contributed by atoms with E-state index in [1.807, 2.05) is 20.0 Å². The topological polar surface area (TPSA) is 63.1 Å². The van der Waals surface area contributed by atoms with Crippen molar-refractivity contribution in [2.24, 2.45) is 7.05 Å². The highest BCUT2D eigenvalue weighted by Crippen LogP contribution is 2.27. The zero-order chi connectivity index (χ0) is 16.4. The lowest BCUT2D eigenvalue weighted by Gasteiger charge is -2.20. The number of aryl methyl sites for hydroxylation is 1. The summed E-state index contributed by atoms with van der Waals surface area (Å²) in [5, 5.41) is 10.8. The molecule has 1 saturated heterocycles. The van der Waals surface area contributed by atoms with Crippen molar-refractivity contribution in [2.75, 3.05) is 13.1 Å². The largest absolute Gasteiger partial charge is 0.328 e. The maximum absolute atomic E-state index is 13.3. The van der Waals surface area contributed by atoms with Gasteiger partial charge in [-0.15, -0.1) is 10.2 Å². The molecule has 1 aliphatic rings. The van der Waals surface area contributed by atoms with Gasteiger partial charge in [-0.25, -0.2) is 9.18 Å². The molecular weight excluding hydrogens is 297 g/mol. The van der Waals surface area contributed by atoms with E-state index >= 15 is 0 Å². The molecule has 2 amide bonds. The zero-order valence-corrected chi connectivity index (χ0v) is 13.2. The van der Waals surface area contributed by atoms with Crippen molar-refractivity contribution < 1.29 is 9.18 Å². The number of carbonyl (C=O) groups excluding carboxylic acids is 1. The summed E-state index contributed by atoms with van der Waals surface area (Å²) in [6.07, 6.45) is 2.45. The van der Waals surface area contributed by atoms with E-state index in [4.69, 9.17) is 0 Å². The third-order valence-electron chi connectivity index (χ3n) is 4.27. The van der Waals surface area contributed by atoms with Gasteiger partial charge in [-0.3, -0.25) is 0 Å². The van der Waals surface area contributed by atoms with Crippen LogP contribution < -0.4 is 5.32 Å². The highest BCUT2D eigenvalue weighted by Gasteiger charge is 2.28. The van der Waals surface area contributed by atoms with Gasteiger partial charge in [0.25, 0.3) is 0 Å². The molecule has 0 bridgehead atoms. The number of nitrogens with one attached hydrogen (secondary N) is 1. The van der Waals surface area contributed by atoms with E-state index in [9.17, 15) is 9.18 Å². The number of amides is 2. The van der Waals surface area contributed by atoms with Crippen molar-refractivity contribution in [3.8, 4) is 0 Å². The van der Waals surface area contributed by atoms with Gasteiger partial charge in [0.05, 0.1) is 6.04 Å². The van der Waals surface area contributed by atoms with Gasteiger partial charge in [0.2, 0.25) is 0 Å². The number of hydrogen-bond donors (Lipinski definition) is 1. The predicted molar refractivity (Wildman–Crippen MR) is 83.3 cm³/mol. The molecule has 122 valence electrons. The summed E-state index contributed by atoms with van der Waals surface area (Å²) >= 11 is 0. The summed E-state index contributed by atoms with van der Waals surface area (Å²) in [6.45, 7) is 3.14. The Morgan fingerprint density at radius 3 is 3.00 bits per heavy atom. The lowest BCUT2D eigenvalue weighted by atomic mass is 9.98. The molecule has 1 N–H and O–H groups in total. The summed E-state index contributed by atoms with van der Waals surface area (Å²) in [6, 6.07) is 6.27. The number of nitrogens with zero attached hydrogens (tertiary/aromatic N) is 4. The number of halogens is 1. The smallest absolute Gasteiger partial charge is 0.317 e. The van der Waals surface area contributed by atoms with Crippen LogP contribution in [0.15, 0.2) is 30.6 Å². The second kappa shape index (κ2) is 6.36. The minimum Gasteiger partial charge on any atom is -0.328 e. The Morgan fingerprint density at radius 1 is 1.48 bits per heavy atom. The first-order valence-electron chi connectivity index (χ1n) is 7.69. The van der Waals surface area contributed by atoms with Crippen LogP contribution in [0, 0.1) is 5.82 Å². The fourth-order valence-corrected chi connectivity index (χ4v) is 3.00. The number of hydrogen-bond acceptors (Lipinski definition) is 3. The van der Waals surface area contributed by atoms with Gasteiger partial charge in [-0.1, -0.05) is 12.1 Å². The number of carbonyl (C=O) groups is 1. The van der Waals surface area contributed by atoms with Crippen molar-refractivity contribution >= 4 is 6.03 Å². The van der Waals surface area contributed by atoms with Crippen LogP contribution in [-0.4, -0.2) is 38.8 Å². The van der Waals surface area contributed by atoms with Gasteiger partial charge in [-0.2, -0.15) is 0 Å². The highest BCUT2D eigenvalue weighted by atomic mass is 19.1. The third-order valence-corrected chi connectivity index (χ3v) is 4.27. The summed E-state index contributed by atoms with van der Waals surface area (Å²) < 4.78 is 15.1. The molecule has 0 saturated carbocycles. The van der Waals surface area contributed by atoms with Crippen molar-refractivity contribution in [3.05, 3.63) is 47.8 Å². The Bertz CT molecular complexity index is 701. The van der Waals surface area contributed by atoms with E-state index in [0.717, 1.165) is 12.0 Å². The normalized spacial score (nSPS) is 18.9. The minimum atomic E-state index is -0.235. The molecule has 3 rings (SSSR count). The fourth-order valence-electron chi connectivity index (χ4n) is 3.00. The number of likely N-dealkylation sites (tertiary alicyclic amines) is 1. The van der Waals surface area contributed by atoms with E-state index in [0.29, 0.717) is 18.9 Å². The van der Waals surface area contributed by atoms with Gasteiger partial charge in [0, 0.05) is 26.1 Å². The Balaban J connectivity index is 1.60. The molecule has 1 aromatic heterocycles. The summed E-state index contributed by atoms with van der Waals surface area (Å²) in [7, 11) is 1.84. The molecule has 1 aliphatic heterocycles. The average molecular weight is 317 g/mol. The monoisotopic (exact) mass is 317 g/mol. The van der Waals surface area contributed by atoms with Crippen LogP contribution in [0.2, 0.25) is 0 Å². The first-order chi connectivity index (χ1) is 11.0.